The summed E-state index contributed by atoms with van der Waals surface area (Å²) in [4.78, 5) is 35.5. The van der Waals surface area contributed by atoms with E-state index in [0.29, 0.717) is 28.5 Å². The zero-order valence-corrected chi connectivity index (χ0v) is 16.0. The number of hydrogen-bond acceptors (Lipinski definition) is 6. The highest BCUT2D eigenvalue weighted by Crippen LogP contribution is 2.16. The molecule has 3 aromatic rings. The molecule has 0 fully saturated rings. The van der Waals surface area contributed by atoms with Crippen LogP contribution in [0.15, 0.2) is 58.4 Å². The van der Waals surface area contributed by atoms with E-state index in [-0.39, 0.29) is 16.9 Å². The molecule has 0 atom stereocenters. The highest BCUT2D eigenvalue weighted by atomic mass is 16.6. The quantitative estimate of drug-likeness (QED) is 0.392. The van der Waals surface area contributed by atoms with Crippen molar-refractivity contribution in [2.24, 2.45) is 12.1 Å². The van der Waals surface area contributed by atoms with Crippen LogP contribution in [-0.4, -0.2) is 26.3 Å². The lowest BCUT2D eigenvalue weighted by Gasteiger charge is -2.09. The Balaban J connectivity index is 1.97. The van der Waals surface area contributed by atoms with Crippen LogP contribution in [0.3, 0.4) is 0 Å². The van der Waals surface area contributed by atoms with Crippen molar-refractivity contribution in [3.05, 3.63) is 80.3 Å². The predicted octanol–water partition coefficient (Wildman–Crippen LogP) is 2.78. The third kappa shape index (κ3) is 4.18. The first-order chi connectivity index (χ1) is 13.9. The van der Waals surface area contributed by atoms with Crippen LogP contribution in [0.2, 0.25) is 0 Å². The third-order valence-corrected chi connectivity index (χ3v) is 4.34. The number of hydrogen-bond donors (Lipinski definition) is 1. The van der Waals surface area contributed by atoms with Gasteiger partial charge in [-0.25, -0.2) is 10.1 Å². The van der Waals surface area contributed by atoms with E-state index in [4.69, 9.17) is 0 Å². The number of nitro groups is 1. The molecular formula is C20H19N5O4. The number of nitrogens with one attached hydrogen (secondary N) is 1. The molecule has 1 aromatic heterocycles. The highest BCUT2D eigenvalue weighted by Gasteiger charge is 2.16. The van der Waals surface area contributed by atoms with Crippen molar-refractivity contribution in [2.45, 2.75) is 19.8 Å². The maximum absolute atomic E-state index is 12.7. The molecule has 0 radical (unpaired) electrons. The summed E-state index contributed by atoms with van der Waals surface area (Å²) in [6, 6.07) is 12.8. The maximum Gasteiger partial charge on any atom is 0.292 e. The van der Waals surface area contributed by atoms with Gasteiger partial charge in [0.1, 0.15) is 0 Å². The van der Waals surface area contributed by atoms with Gasteiger partial charge in [-0.05, 0) is 12.5 Å². The number of aryl methyl sites for hydroxylation is 1. The molecule has 0 unspecified atom stereocenters. The van der Waals surface area contributed by atoms with E-state index in [1.807, 2.05) is 6.92 Å². The second kappa shape index (κ2) is 8.42. The summed E-state index contributed by atoms with van der Waals surface area (Å²) in [5.74, 6) is -0.573. The smallest absolute Gasteiger partial charge is 0.267 e. The number of rotatable bonds is 6. The molecule has 0 aliphatic carbocycles. The number of non-ortho nitro benzene ring substituents is 1. The van der Waals surface area contributed by atoms with Gasteiger partial charge >= 0.3 is 0 Å². The zero-order chi connectivity index (χ0) is 21.0. The van der Waals surface area contributed by atoms with Crippen molar-refractivity contribution in [2.75, 3.05) is 0 Å². The summed E-state index contributed by atoms with van der Waals surface area (Å²) >= 11 is 0. The predicted molar refractivity (Wildman–Crippen MR) is 109 cm³/mol. The van der Waals surface area contributed by atoms with E-state index in [9.17, 15) is 19.7 Å². The number of aromatic nitrogens is 2. The summed E-state index contributed by atoms with van der Waals surface area (Å²) in [7, 11) is 1.47. The van der Waals surface area contributed by atoms with Crippen LogP contribution >= 0.6 is 0 Å². The summed E-state index contributed by atoms with van der Waals surface area (Å²) in [5, 5.41) is 20.1. The van der Waals surface area contributed by atoms with Gasteiger partial charge in [0.25, 0.3) is 17.2 Å². The fourth-order valence-corrected chi connectivity index (χ4v) is 2.94. The van der Waals surface area contributed by atoms with Crippen molar-refractivity contribution in [1.29, 1.82) is 0 Å². The lowest BCUT2D eigenvalue weighted by Crippen LogP contribution is -2.27. The Bertz CT molecular complexity index is 1180. The van der Waals surface area contributed by atoms with E-state index in [2.05, 4.69) is 15.6 Å². The molecule has 3 rings (SSSR count). The number of amides is 1. The molecule has 1 amide bonds. The molecule has 0 aliphatic heterocycles. The molecule has 0 spiro atoms. The molecule has 2 aromatic carbocycles. The standard InChI is InChI=1S/C20H19N5O4/c1-3-7-17(13-8-6-9-14(12-13)25(28)29)21-22-19(26)18-15-10-4-5-11-16(15)20(27)24(2)23-18/h4-6,8-12H,3,7H2,1-2H3,(H,22,26)/b21-17-. The number of carbonyl (C=O) groups is 1. The Hall–Kier alpha value is -3.88. The Morgan fingerprint density at radius 3 is 2.62 bits per heavy atom. The van der Waals surface area contributed by atoms with E-state index in [0.717, 1.165) is 11.1 Å². The van der Waals surface area contributed by atoms with Crippen LogP contribution in [0.1, 0.15) is 35.8 Å². The fraction of sp³-hybridized carbons (Fsp3) is 0.200. The number of nitrogens with zero attached hydrogens (tertiary/aromatic N) is 4. The topological polar surface area (TPSA) is 119 Å². The Morgan fingerprint density at radius 2 is 1.93 bits per heavy atom. The number of fused-ring (bicyclic) bond motifs is 1. The SMILES string of the molecule is CCC/C(=N/NC(=O)c1nn(C)c(=O)c2ccccc12)c1cccc([N+](=O)[O-])c1. The lowest BCUT2D eigenvalue weighted by molar-refractivity contribution is -0.384. The minimum absolute atomic E-state index is 0.0525. The molecular weight excluding hydrogens is 374 g/mol. The summed E-state index contributed by atoms with van der Waals surface area (Å²) in [5.41, 5.74) is 3.26. The summed E-state index contributed by atoms with van der Waals surface area (Å²) in [6.07, 6.45) is 1.25. The van der Waals surface area contributed by atoms with E-state index in [1.54, 1.807) is 36.4 Å². The van der Waals surface area contributed by atoms with Gasteiger partial charge in [0.2, 0.25) is 0 Å². The van der Waals surface area contributed by atoms with Gasteiger partial charge < -0.3 is 0 Å². The molecule has 0 aliphatic rings. The maximum atomic E-state index is 12.7. The molecule has 1 heterocycles. The van der Waals surface area contributed by atoms with Gasteiger partial charge in [0.15, 0.2) is 5.69 Å². The Labute approximate surface area is 165 Å². The lowest BCUT2D eigenvalue weighted by atomic mass is 10.1. The molecule has 9 heteroatoms. The van der Waals surface area contributed by atoms with E-state index in [1.165, 1.54) is 19.2 Å². The average Bonchev–Trinajstić information content (AvgIpc) is 2.73. The van der Waals surface area contributed by atoms with Crippen LogP contribution in [0, 0.1) is 10.1 Å². The van der Waals surface area contributed by atoms with Gasteiger partial charge in [0, 0.05) is 30.1 Å². The minimum atomic E-state index is -0.573. The first-order valence-electron chi connectivity index (χ1n) is 9.00. The molecule has 29 heavy (non-hydrogen) atoms. The first kappa shape index (κ1) is 19.9. The van der Waals surface area contributed by atoms with Gasteiger partial charge in [-0.2, -0.15) is 10.2 Å². The average molecular weight is 393 g/mol. The Kier molecular flexibility index (Phi) is 5.77. The van der Waals surface area contributed by atoms with Gasteiger partial charge in [0.05, 0.1) is 16.0 Å². The molecule has 148 valence electrons. The van der Waals surface area contributed by atoms with Crippen LogP contribution in [-0.2, 0) is 7.05 Å². The van der Waals surface area contributed by atoms with Crippen molar-refractivity contribution in [3.63, 3.8) is 0 Å². The van der Waals surface area contributed by atoms with Crippen molar-refractivity contribution in [3.8, 4) is 0 Å². The first-order valence-corrected chi connectivity index (χ1v) is 9.00. The second-order valence-corrected chi connectivity index (χ2v) is 6.38. The number of benzene rings is 2. The van der Waals surface area contributed by atoms with Crippen molar-refractivity contribution in [1.82, 2.24) is 15.2 Å². The van der Waals surface area contributed by atoms with Gasteiger partial charge in [-0.3, -0.25) is 19.7 Å². The van der Waals surface area contributed by atoms with Gasteiger partial charge in [-0.1, -0.05) is 43.7 Å². The van der Waals surface area contributed by atoms with Crippen molar-refractivity contribution >= 4 is 28.1 Å². The molecule has 9 nitrogen and oxygen atoms in total. The van der Waals surface area contributed by atoms with Crippen LogP contribution in [0.25, 0.3) is 10.8 Å². The largest absolute Gasteiger partial charge is 0.292 e. The zero-order valence-electron chi connectivity index (χ0n) is 16.0. The van der Waals surface area contributed by atoms with Crippen LogP contribution in [0.4, 0.5) is 5.69 Å². The summed E-state index contributed by atoms with van der Waals surface area (Å²) in [6.45, 7) is 1.94. The monoisotopic (exact) mass is 393 g/mol. The number of nitro benzene ring substituents is 1. The van der Waals surface area contributed by atoms with Gasteiger partial charge in [-0.15, -0.1) is 0 Å². The molecule has 0 bridgehead atoms. The minimum Gasteiger partial charge on any atom is -0.267 e. The van der Waals surface area contributed by atoms with Crippen molar-refractivity contribution < 1.29 is 9.72 Å². The number of carbonyl (C=O) groups excluding carboxylic acids is 1. The van der Waals surface area contributed by atoms with E-state index < -0.39 is 10.8 Å². The third-order valence-electron chi connectivity index (χ3n) is 4.34. The highest BCUT2D eigenvalue weighted by molar-refractivity contribution is 6.06. The number of hydrazone groups is 1. The fourth-order valence-electron chi connectivity index (χ4n) is 2.94. The molecule has 0 saturated heterocycles. The van der Waals surface area contributed by atoms with E-state index >= 15 is 0 Å². The Morgan fingerprint density at radius 1 is 1.21 bits per heavy atom. The molecule has 1 N–H and O–H groups in total. The molecule has 0 saturated carbocycles. The summed E-state index contributed by atoms with van der Waals surface area (Å²) < 4.78 is 1.11. The second-order valence-electron chi connectivity index (χ2n) is 6.38. The normalized spacial score (nSPS) is 11.4. The van der Waals surface area contributed by atoms with Crippen LogP contribution < -0.4 is 11.0 Å². The van der Waals surface area contributed by atoms with Crippen LogP contribution in [0.5, 0.6) is 0 Å².